The second kappa shape index (κ2) is 5.23. The third-order valence-corrected chi connectivity index (χ3v) is 2.73. The maximum absolute atomic E-state index is 5.38. The Balaban J connectivity index is 2.49. The highest BCUT2D eigenvalue weighted by Gasteiger charge is 2.20. The van der Waals surface area contributed by atoms with Gasteiger partial charge in [-0.1, -0.05) is 0 Å². The fourth-order valence-corrected chi connectivity index (χ4v) is 1.41. The minimum absolute atomic E-state index is 0.0845. The lowest BCUT2D eigenvalue weighted by molar-refractivity contribution is 0.0117. The molecule has 86 valence electrons. The highest BCUT2D eigenvalue weighted by Crippen LogP contribution is 2.22. The number of rotatable bonds is 6. The lowest BCUT2D eigenvalue weighted by atomic mass is 9.98. The molecule has 0 saturated heterocycles. The first kappa shape index (κ1) is 12.1. The second-order valence-electron chi connectivity index (χ2n) is 4.24. The van der Waals surface area contributed by atoms with Crippen LogP contribution in [0.4, 0.5) is 0 Å². The number of aromatic nitrogens is 3. The summed E-state index contributed by atoms with van der Waals surface area (Å²) in [4.78, 5) is 0. The molecule has 0 saturated carbocycles. The number of hydrogen-bond donors (Lipinski definition) is 2. The number of hydrogen-bond acceptors (Lipinski definition) is 4. The molecule has 1 atom stereocenters. The maximum atomic E-state index is 5.38. The molecule has 1 unspecified atom stereocenters. The largest absolute Gasteiger partial charge is 0.379 e. The van der Waals surface area contributed by atoms with Gasteiger partial charge in [-0.15, -0.1) is 0 Å². The Labute approximate surface area is 90.6 Å². The zero-order chi connectivity index (χ0) is 11.3. The van der Waals surface area contributed by atoms with E-state index in [-0.39, 0.29) is 11.6 Å². The van der Waals surface area contributed by atoms with Gasteiger partial charge in [0.25, 0.3) is 0 Å². The van der Waals surface area contributed by atoms with Crippen LogP contribution >= 0.6 is 0 Å². The fourth-order valence-electron chi connectivity index (χ4n) is 1.41. The lowest BCUT2D eigenvalue weighted by Crippen LogP contribution is -2.26. The standard InChI is InChI=1S/C10H20N4O/c1-10(2,15-4)6-5-8(11-3)9-7-12-14-13-9/h7-8,11H,5-6H2,1-4H3,(H,12,13,14). The number of methoxy groups -OCH3 is 1. The minimum Gasteiger partial charge on any atom is -0.379 e. The highest BCUT2D eigenvalue weighted by molar-refractivity contribution is 4.99. The van der Waals surface area contributed by atoms with Gasteiger partial charge < -0.3 is 10.1 Å². The molecule has 1 aromatic rings. The van der Waals surface area contributed by atoms with Gasteiger partial charge in [0.1, 0.15) is 0 Å². The van der Waals surface area contributed by atoms with Crippen LogP contribution in [-0.4, -0.2) is 35.2 Å². The van der Waals surface area contributed by atoms with Gasteiger partial charge in [0.2, 0.25) is 0 Å². The van der Waals surface area contributed by atoms with Gasteiger partial charge in [0.05, 0.1) is 23.5 Å². The van der Waals surface area contributed by atoms with Crippen LogP contribution in [0.3, 0.4) is 0 Å². The third-order valence-electron chi connectivity index (χ3n) is 2.73. The molecular weight excluding hydrogens is 192 g/mol. The van der Waals surface area contributed by atoms with Crippen LogP contribution in [0.1, 0.15) is 38.4 Å². The van der Waals surface area contributed by atoms with Gasteiger partial charge in [-0.2, -0.15) is 15.4 Å². The van der Waals surface area contributed by atoms with E-state index >= 15 is 0 Å². The van der Waals surface area contributed by atoms with E-state index < -0.39 is 0 Å². The van der Waals surface area contributed by atoms with Crippen LogP contribution in [-0.2, 0) is 4.74 Å². The molecule has 0 aliphatic carbocycles. The number of H-pyrrole nitrogens is 1. The molecule has 1 aromatic heterocycles. The average Bonchev–Trinajstić information content (AvgIpc) is 2.72. The van der Waals surface area contributed by atoms with Gasteiger partial charge in [0, 0.05) is 7.11 Å². The van der Waals surface area contributed by atoms with E-state index in [0.29, 0.717) is 0 Å². The normalized spacial score (nSPS) is 14.1. The predicted octanol–water partition coefficient (Wildman–Crippen LogP) is 1.27. The molecule has 0 aliphatic rings. The zero-order valence-electron chi connectivity index (χ0n) is 9.87. The second-order valence-corrected chi connectivity index (χ2v) is 4.24. The van der Waals surface area contributed by atoms with Gasteiger partial charge in [-0.3, -0.25) is 0 Å². The Kier molecular flexibility index (Phi) is 4.23. The fraction of sp³-hybridized carbons (Fsp3) is 0.800. The Hall–Kier alpha value is -0.940. The third kappa shape index (κ3) is 3.60. The van der Waals surface area contributed by atoms with Crippen LogP contribution in [0.5, 0.6) is 0 Å². The molecule has 0 aromatic carbocycles. The van der Waals surface area contributed by atoms with Crippen LogP contribution < -0.4 is 5.32 Å². The van der Waals surface area contributed by atoms with E-state index in [4.69, 9.17) is 4.74 Å². The van der Waals surface area contributed by atoms with Crippen molar-refractivity contribution in [2.24, 2.45) is 0 Å². The summed E-state index contributed by atoms with van der Waals surface area (Å²) in [6.07, 6.45) is 3.70. The lowest BCUT2D eigenvalue weighted by Gasteiger charge is -2.25. The smallest absolute Gasteiger partial charge is 0.0993 e. The van der Waals surface area contributed by atoms with E-state index in [1.165, 1.54) is 0 Å². The van der Waals surface area contributed by atoms with Crippen molar-refractivity contribution in [1.82, 2.24) is 20.7 Å². The quantitative estimate of drug-likeness (QED) is 0.745. The molecule has 1 rings (SSSR count). The van der Waals surface area contributed by atoms with Crippen molar-refractivity contribution >= 4 is 0 Å². The van der Waals surface area contributed by atoms with Crippen molar-refractivity contribution in [3.05, 3.63) is 11.9 Å². The van der Waals surface area contributed by atoms with Crippen molar-refractivity contribution in [3.63, 3.8) is 0 Å². The van der Waals surface area contributed by atoms with E-state index in [1.54, 1.807) is 13.3 Å². The molecule has 0 fully saturated rings. The summed E-state index contributed by atoms with van der Waals surface area (Å²) in [5.74, 6) is 0. The van der Waals surface area contributed by atoms with Gasteiger partial charge in [-0.25, -0.2) is 0 Å². The van der Waals surface area contributed by atoms with Crippen molar-refractivity contribution in [3.8, 4) is 0 Å². The molecule has 0 amide bonds. The number of nitrogens with zero attached hydrogens (tertiary/aromatic N) is 2. The number of ether oxygens (including phenoxy) is 1. The Bertz CT molecular complexity index is 271. The summed E-state index contributed by atoms with van der Waals surface area (Å²) in [5.41, 5.74) is 0.864. The number of aromatic amines is 1. The molecule has 0 spiro atoms. The average molecular weight is 212 g/mol. The molecule has 1 heterocycles. The van der Waals surface area contributed by atoms with Crippen LogP contribution in [0, 0.1) is 0 Å². The predicted molar refractivity (Wildman–Crippen MR) is 58.5 cm³/mol. The van der Waals surface area contributed by atoms with Gasteiger partial charge in [-0.05, 0) is 33.7 Å². The molecule has 0 radical (unpaired) electrons. The van der Waals surface area contributed by atoms with Crippen LogP contribution in [0.2, 0.25) is 0 Å². The SMILES string of the molecule is CNC(CCC(C)(C)OC)c1cn[nH]n1. The topological polar surface area (TPSA) is 62.8 Å². The molecule has 2 N–H and O–H groups in total. The van der Waals surface area contributed by atoms with Crippen molar-refractivity contribution in [1.29, 1.82) is 0 Å². The summed E-state index contributed by atoms with van der Waals surface area (Å²) in [6.45, 7) is 4.17. The first-order valence-electron chi connectivity index (χ1n) is 5.17. The molecule has 5 heteroatoms. The minimum atomic E-state index is -0.0845. The molecule has 5 nitrogen and oxygen atoms in total. The Morgan fingerprint density at radius 1 is 1.60 bits per heavy atom. The van der Waals surface area contributed by atoms with Crippen LogP contribution in [0.15, 0.2) is 6.20 Å². The summed E-state index contributed by atoms with van der Waals surface area (Å²) in [5, 5.41) is 13.7. The summed E-state index contributed by atoms with van der Waals surface area (Å²) < 4.78 is 5.38. The van der Waals surface area contributed by atoms with E-state index in [0.717, 1.165) is 18.5 Å². The van der Waals surface area contributed by atoms with Crippen LogP contribution in [0.25, 0.3) is 0 Å². The molecule has 0 aliphatic heterocycles. The Morgan fingerprint density at radius 2 is 2.33 bits per heavy atom. The van der Waals surface area contributed by atoms with Gasteiger partial charge >= 0.3 is 0 Å². The van der Waals surface area contributed by atoms with Crippen molar-refractivity contribution in [2.75, 3.05) is 14.2 Å². The first-order valence-corrected chi connectivity index (χ1v) is 5.17. The molecular formula is C10H20N4O. The van der Waals surface area contributed by atoms with Crippen molar-refractivity contribution in [2.45, 2.75) is 38.3 Å². The maximum Gasteiger partial charge on any atom is 0.0993 e. The first-order chi connectivity index (χ1) is 7.09. The highest BCUT2D eigenvalue weighted by atomic mass is 16.5. The summed E-state index contributed by atoms with van der Waals surface area (Å²) in [7, 11) is 3.67. The van der Waals surface area contributed by atoms with Gasteiger partial charge in [0.15, 0.2) is 0 Å². The summed E-state index contributed by atoms with van der Waals surface area (Å²) >= 11 is 0. The zero-order valence-corrected chi connectivity index (χ0v) is 9.87. The number of nitrogens with one attached hydrogen (secondary N) is 2. The summed E-state index contributed by atoms with van der Waals surface area (Å²) in [6, 6.07) is 0.234. The molecule has 0 bridgehead atoms. The van der Waals surface area contributed by atoms with E-state index in [9.17, 15) is 0 Å². The molecule has 15 heavy (non-hydrogen) atoms. The van der Waals surface area contributed by atoms with Crippen molar-refractivity contribution < 1.29 is 4.74 Å². The van der Waals surface area contributed by atoms with E-state index in [1.807, 2.05) is 7.05 Å². The monoisotopic (exact) mass is 212 g/mol. The Morgan fingerprint density at radius 3 is 2.80 bits per heavy atom. The van der Waals surface area contributed by atoms with E-state index in [2.05, 4.69) is 34.6 Å².